The van der Waals surface area contributed by atoms with E-state index in [4.69, 9.17) is 19.1 Å². The molecular weight excluding hydrogens is 422 g/mol. The van der Waals surface area contributed by atoms with Crippen molar-refractivity contribution in [2.75, 3.05) is 13.2 Å². The predicted octanol–water partition coefficient (Wildman–Crippen LogP) is 2.45. The summed E-state index contributed by atoms with van der Waals surface area (Å²) in [6, 6.07) is 8.65. The van der Waals surface area contributed by atoms with Crippen molar-refractivity contribution in [1.29, 1.82) is 0 Å². The molecule has 0 spiro atoms. The van der Waals surface area contributed by atoms with Gasteiger partial charge in [-0.3, -0.25) is 9.79 Å². The summed E-state index contributed by atoms with van der Waals surface area (Å²) in [6.07, 6.45) is 7.87. The fourth-order valence-electron chi connectivity index (χ4n) is 4.62. The zero-order chi connectivity index (χ0) is 22.4. The van der Waals surface area contributed by atoms with Crippen LogP contribution < -0.4 is 15.6 Å². The van der Waals surface area contributed by atoms with E-state index in [0.717, 1.165) is 43.0 Å². The Labute approximate surface area is 189 Å². The van der Waals surface area contributed by atoms with Gasteiger partial charge in [0.25, 0.3) is 0 Å². The third-order valence-corrected chi connectivity index (χ3v) is 6.41. The highest BCUT2D eigenvalue weighted by Crippen LogP contribution is 2.36. The number of benzene rings is 1. The molecule has 1 N–H and O–H groups in total. The lowest BCUT2D eigenvalue weighted by Gasteiger charge is -2.26. The number of rotatable bonds is 4. The van der Waals surface area contributed by atoms with Gasteiger partial charge in [0.2, 0.25) is 5.56 Å². The molecule has 2 atom stereocenters. The van der Waals surface area contributed by atoms with Gasteiger partial charge in [-0.05, 0) is 41.4 Å². The van der Waals surface area contributed by atoms with Crippen LogP contribution in [0.5, 0.6) is 5.75 Å². The molecular formula is C24H23N5O4. The van der Waals surface area contributed by atoms with Gasteiger partial charge in [-0.2, -0.15) is 0 Å². The van der Waals surface area contributed by atoms with Crippen LogP contribution in [0.15, 0.2) is 68.9 Å². The molecule has 1 saturated heterocycles. The van der Waals surface area contributed by atoms with Crippen LogP contribution in [0.4, 0.5) is 0 Å². The first kappa shape index (κ1) is 19.9. The van der Waals surface area contributed by atoms with Crippen LogP contribution in [0.1, 0.15) is 18.4 Å². The number of allylic oxidation sites excluding steroid dienone is 2. The monoisotopic (exact) mass is 445 g/mol. The van der Waals surface area contributed by atoms with Gasteiger partial charge in [-0.25, -0.2) is 4.63 Å². The molecule has 1 aromatic carbocycles. The quantitative estimate of drug-likeness (QED) is 0.658. The van der Waals surface area contributed by atoms with Crippen LogP contribution in [0.3, 0.4) is 0 Å². The highest BCUT2D eigenvalue weighted by Gasteiger charge is 2.38. The Balaban J connectivity index is 1.46. The smallest absolute Gasteiger partial charge is 0.250 e. The first-order valence-corrected chi connectivity index (χ1v) is 11.1. The second-order valence-corrected chi connectivity index (χ2v) is 8.51. The maximum atomic E-state index is 12.0. The van der Waals surface area contributed by atoms with Crippen molar-refractivity contribution in [2.24, 2.45) is 18.0 Å². The molecule has 33 heavy (non-hydrogen) atoms. The summed E-state index contributed by atoms with van der Waals surface area (Å²) in [6.45, 7) is 1.50. The Kier molecular flexibility index (Phi) is 4.83. The lowest BCUT2D eigenvalue weighted by molar-refractivity contribution is 0.0822. The Morgan fingerprint density at radius 1 is 1.15 bits per heavy atom. The maximum Gasteiger partial charge on any atom is 0.250 e. The molecule has 0 amide bonds. The molecule has 0 saturated carbocycles. The van der Waals surface area contributed by atoms with Crippen LogP contribution in [-0.4, -0.2) is 46.0 Å². The highest BCUT2D eigenvalue weighted by atomic mass is 16.6. The number of nitrogens with one attached hydrogen (secondary N) is 1. The molecule has 4 heterocycles. The van der Waals surface area contributed by atoms with Gasteiger partial charge < -0.3 is 19.4 Å². The molecule has 2 aliphatic heterocycles. The number of aliphatic imine (C=N–C) groups is 1. The molecule has 1 fully saturated rings. The number of fused-ring (bicyclic) bond motifs is 2. The minimum absolute atomic E-state index is 0.0104. The molecule has 3 aliphatic rings. The second kappa shape index (κ2) is 8.00. The lowest BCUT2D eigenvalue weighted by Crippen LogP contribution is -2.39. The van der Waals surface area contributed by atoms with Crippen molar-refractivity contribution in [2.45, 2.75) is 24.9 Å². The molecule has 3 aromatic rings. The first-order chi connectivity index (χ1) is 16.2. The van der Waals surface area contributed by atoms with Gasteiger partial charge in [-0.1, -0.05) is 18.2 Å². The third-order valence-electron chi connectivity index (χ3n) is 6.41. The van der Waals surface area contributed by atoms with Crippen molar-refractivity contribution >= 4 is 22.4 Å². The number of aryl methyl sites for hydroxylation is 1. The summed E-state index contributed by atoms with van der Waals surface area (Å²) in [5, 5.41) is 11.5. The minimum Gasteiger partial charge on any atom is -0.456 e. The average molecular weight is 445 g/mol. The van der Waals surface area contributed by atoms with Gasteiger partial charge in [0, 0.05) is 49.6 Å². The van der Waals surface area contributed by atoms with Gasteiger partial charge in [0.1, 0.15) is 23.2 Å². The Morgan fingerprint density at radius 3 is 2.88 bits per heavy atom. The lowest BCUT2D eigenvalue weighted by atomic mass is 9.93. The number of aromatic nitrogens is 3. The summed E-state index contributed by atoms with van der Waals surface area (Å²) in [4.78, 5) is 17.1. The van der Waals surface area contributed by atoms with Crippen molar-refractivity contribution in [3.05, 3.63) is 70.4 Å². The zero-order valence-electron chi connectivity index (χ0n) is 18.1. The van der Waals surface area contributed by atoms with Crippen LogP contribution >= 0.6 is 0 Å². The minimum atomic E-state index is -0.241. The summed E-state index contributed by atoms with van der Waals surface area (Å²) in [5.74, 6) is 2.60. The van der Waals surface area contributed by atoms with Crippen molar-refractivity contribution in [3.63, 3.8) is 0 Å². The van der Waals surface area contributed by atoms with Crippen molar-refractivity contribution in [1.82, 2.24) is 20.2 Å². The number of hydrogen-bond donors (Lipinski definition) is 1. The average Bonchev–Trinajstić information content (AvgIpc) is 3.50. The van der Waals surface area contributed by atoms with Crippen LogP contribution in [0.2, 0.25) is 0 Å². The van der Waals surface area contributed by atoms with Crippen LogP contribution in [0, 0.1) is 5.92 Å². The van der Waals surface area contributed by atoms with Gasteiger partial charge >= 0.3 is 0 Å². The van der Waals surface area contributed by atoms with Crippen LogP contribution in [0.25, 0.3) is 16.6 Å². The SMILES string of the molecule is Cn1cc(C2=C(Oc3cccc4nonc34)C3N=C(C4CCOCC4)NC3C=C2)ccc1=O. The van der Waals surface area contributed by atoms with E-state index in [2.05, 4.69) is 21.7 Å². The van der Waals surface area contributed by atoms with E-state index in [1.807, 2.05) is 36.5 Å². The van der Waals surface area contributed by atoms with E-state index >= 15 is 0 Å². The normalized spacial score (nSPS) is 22.9. The van der Waals surface area contributed by atoms with Crippen molar-refractivity contribution in [3.8, 4) is 5.75 Å². The van der Waals surface area contributed by atoms with Gasteiger partial charge in [0.15, 0.2) is 11.3 Å². The second-order valence-electron chi connectivity index (χ2n) is 8.51. The summed E-state index contributed by atoms with van der Waals surface area (Å²) >= 11 is 0. The van der Waals surface area contributed by atoms with E-state index in [-0.39, 0.29) is 17.6 Å². The largest absolute Gasteiger partial charge is 0.456 e. The Hall–Kier alpha value is -3.72. The molecule has 9 nitrogen and oxygen atoms in total. The third kappa shape index (κ3) is 3.54. The predicted molar refractivity (Wildman–Crippen MR) is 122 cm³/mol. The van der Waals surface area contributed by atoms with E-state index in [1.54, 1.807) is 17.7 Å². The Bertz CT molecular complexity index is 1360. The molecule has 0 radical (unpaired) electrons. The van der Waals surface area contributed by atoms with Gasteiger partial charge in [0.05, 0.1) is 6.04 Å². The summed E-state index contributed by atoms with van der Waals surface area (Å²) in [7, 11) is 1.74. The molecule has 0 bridgehead atoms. The van der Waals surface area contributed by atoms with Crippen molar-refractivity contribution < 1.29 is 14.1 Å². The molecule has 6 rings (SSSR count). The molecule has 2 aromatic heterocycles. The van der Waals surface area contributed by atoms with Gasteiger partial charge in [-0.15, -0.1) is 0 Å². The number of amidine groups is 1. The van der Waals surface area contributed by atoms with Crippen LogP contribution in [-0.2, 0) is 11.8 Å². The topological polar surface area (TPSA) is 104 Å². The molecule has 9 heteroatoms. The standard InChI is InChI=1S/C24H23N5O4/c1-29-13-15(5-8-20(29)30)16-6-7-17-22(26-24(25-17)14-9-11-31-12-10-14)23(16)32-19-4-2-3-18-21(19)28-33-27-18/h2-8,13-14,17,22H,9-12H2,1H3,(H,25,26). The molecule has 2 unspecified atom stereocenters. The number of nitrogens with zero attached hydrogens (tertiary/aromatic N) is 4. The Morgan fingerprint density at radius 2 is 2.03 bits per heavy atom. The summed E-state index contributed by atoms with van der Waals surface area (Å²) < 4.78 is 18.5. The number of ether oxygens (including phenoxy) is 2. The van der Waals surface area contributed by atoms with E-state index in [1.165, 1.54) is 0 Å². The van der Waals surface area contributed by atoms with E-state index < -0.39 is 0 Å². The number of pyridine rings is 1. The van der Waals surface area contributed by atoms with E-state index in [9.17, 15) is 4.79 Å². The highest BCUT2D eigenvalue weighted by molar-refractivity contribution is 5.90. The summed E-state index contributed by atoms with van der Waals surface area (Å²) in [5.41, 5.74) is 2.85. The maximum absolute atomic E-state index is 12.0. The number of hydrogen-bond acceptors (Lipinski definition) is 8. The van der Waals surface area contributed by atoms with E-state index in [0.29, 0.717) is 28.5 Å². The first-order valence-electron chi connectivity index (χ1n) is 11.1. The molecule has 1 aliphatic carbocycles. The molecule has 168 valence electrons. The fourth-order valence-corrected chi connectivity index (χ4v) is 4.62. The fraction of sp³-hybridized carbons (Fsp3) is 0.333. The zero-order valence-corrected chi connectivity index (χ0v) is 18.1.